The molecule has 1 unspecified atom stereocenters. The quantitative estimate of drug-likeness (QED) is 0.817. The molecule has 1 rings (SSSR count). The van der Waals surface area contributed by atoms with Crippen molar-refractivity contribution in [3.63, 3.8) is 0 Å². The monoisotopic (exact) mass is 241 g/mol. The molecule has 0 bridgehead atoms. The molecule has 0 aliphatic rings. The van der Waals surface area contributed by atoms with Gasteiger partial charge < -0.3 is 15.6 Å². The maximum absolute atomic E-state index is 13.8. The van der Waals surface area contributed by atoms with Crippen LogP contribution >= 0.6 is 0 Å². The standard InChI is InChI=1S/C12H16FNO3/c1-12(7-14,11(15)16)6-8-4-3-5-9(17-2)10(8)13/h3-5H,6-7,14H2,1-2H3,(H,15,16). The first-order valence-corrected chi connectivity index (χ1v) is 5.19. The molecule has 0 saturated heterocycles. The fourth-order valence-electron chi connectivity index (χ4n) is 1.51. The number of carboxylic acids is 1. The minimum absolute atomic E-state index is 0.0296. The van der Waals surface area contributed by atoms with Crippen molar-refractivity contribution in [2.45, 2.75) is 13.3 Å². The molecule has 0 aliphatic carbocycles. The van der Waals surface area contributed by atoms with E-state index in [1.807, 2.05) is 0 Å². The summed E-state index contributed by atoms with van der Waals surface area (Å²) in [5.74, 6) is -1.47. The second-order valence-corrected chi connectivity index (χ2v) is 4.18. The minimum atomic E-state index is -1.17. The number of methoxy groups -OCH3 is 1. The van der Waals surface area contributed by atoms with Crippen molar-refractivity contribution in [2.75, 3.05) is 13.7 Å². The van der Waals surface area contributed by atoms with E-state index in [0.29, 0.717) is 5.56 Å². The Labute approximate surface area is 99.2 Å². The summed E-state index contributed by atoms with van der Waals surface area (Å²) in [6.07, 6.45) is 0.0296. The first-order valence-electron chi connectivity index (χ1n) is 5.19. The molecule has 5 heteroatoms. The summed E-state index contributed by atoms with van der Waals surface area (Å²) in [7, 11) is 1.36. The lowest BCUT2D eigenvalue weighted by Gasteiger charge is -2.23. The van der Waals surface area contributed by atoms with E-state index in [2.05, 4.69) is 0 Å². The highest BCUT2D eigenvalue weighted by molar-refractivity contribution is 5.75. The van der Waals surface area contributed by atoms with E-state index in [9.17, 15) is 9.18 Å². The second-order valence-electron chi connectivity index (χ2n) is 4.18. The minimum Gasteiger partial charge on any atom is -0.494 e. The average Bonchev–Trinajstić information content (AvgIpc) is 2.31. The number of ether oxygens (including phenoxy) is 1. The summed E-state index contributed by atoms with van der Waals surface area (Å²) in [4.78, 5) is 11.1. The Hall–Kier alpha value is -1.62. The van der Waals surface area contributed by atoms with Gasteiger partial charge in [0.2, 0.25) is 0 Å². The lowest BCUT2D eigenvalue weighted by molar-refractivity contribution is -0.147. The van der Waals surface area contributed by atoms with Gasteiger partial charge in [-0.25, -0.2) is 4.39 Å². The molecule has 17 heavy (non-hydrogen) atoms. The molecule has 94 valence electrons. The predicted octanol–water partition coefficient (Wildman–Crippen LogP) is 1.43. The summed E-state index contributed by atoms with van der Waals surface area (Å²) in [5, 5.41) is 9.08. The number of nitrogens with two attached hydrogens (primary N) is 1. The number of hydrogen-bond acceptors (Lipinski definition) is 3. The lowest BCUT2D eigenvalue weighted by atomic mass is 9.83. The van der Waals surface area contributed by atoms with Gasteiger partial charge >= 0.3 is 5.97 Å². The van der Waals surface area contributed by atoms with Crippen LogP contribution < -0.4 is 10.5 Å². The number of rotatable bonds is 5. The van der Waals surface area contributed by atoms with E-state index in [1.165, 1.54) is 26.2 Å². The zero-order valence-electron chi connectivity index (χ0n) is 9.87. The smallest absolute Gasteiger partial charge is 0.310 e. The average molecular weight is 241 g/mol. The zero-order valence-corrected chi connectivity index (χ0v) is 9.87. The molecule has 4 nitrogen and oxygen atoms in total. The second kappa shape index (κ2) is 5.14. The fourth-order valence-corrected chi connectivity index (χ4v) is 1.51. The number of hydrogen-bond donors (Lipinski definition) is 2. The van der Waals surface area contributed by atoms with Crippen molar-refractivity contribution in [1.82, 2.24) is 0 Å². The van der Waals surface area contributed by atoms with E-state index >= 15 is 0 Å². The van der Waals surface area contributed by atoms with Gasteiger partial charge in [0.25, 0.3) is 0 Å². The van der Waals surface area contributed by atoms with Crippen LogP contribution in [0, 0.1) is 11.2 Å². The van der Waals surface area contributed by atoms with Crippen LogP contribution in [-0.4, -0.2) is 24.7 Å². The maximum Gasteiger partial charge on any atom is 0.310 e. The van der Waals surface area contributed by atoms with E-state index < -0.39 is 17.2 Å². The SMILES string of the molecule is COc1cccc(CC(C)(CN)C(=O)O)c1F. The first kappa shape index (κ1) is 13.4. The summed E-state index contributed by atoms with van der Waals surface area (Å²) < 4.78 is 18.7. The molecule has 0 fully saturated rings. The normalized spacial score (nSPS) is 14.1. The predicted molar refractivity (Wildman–Crippen MR) is 61.5 cm³/mol. The Balaban J connectivity index is 3.06. The van der Waals surface area contributed by atoms with Crippen molar-refractivity contribution in [2.24, 2.45) is 11.1 Å². The number of benzene rings is 1. The third kappa shape index (κ3) is 2.74. The molecule has 0 heterocycles. The Bertz CT molecular complexity index is 422. The summed E-state index contributed by atoms with van der Waals surface area (Å²) >= 11 is 0. The van der Waals surface area contributed by atoms with Crippen LogP contribution in [0.15, 0.2) is 18.2 Å². The highest BCUT2D eigenvalue weighted by Gasteiger charge is 2.33. The van der Waals surface area contributed by atoms with E-state index in [-0.39, 0.29) is 18.7 Å². The van der Waals surface area contributed by atoms with Crippen molar-refractivity contribution in [3.05, 3.63) is 29.6 Å². The van der Waals surface area contributed by atoms with Gasteiger partial charge in [0.05, 0.1) is 12.5 Å². The van der Waals surface area contributed by atoms with Crippen molar-refractivity contribution >= 4 is 5.97 Å². The van der Waals surface area contributed by atoms with E-state index in [1.54, 1.807) is 6.07 Å². The van der Waals surface area contributed by atoms with Gasteiger partial charge in [0, 0.05) is 6.54 Å². The van der Waals surface area contributed by atoms with Crippen LogP contribution in [0.2, 0.25) is 0 Å². The van der Waals surface area contributed by atoms with Crippen LogP contribution in [0.1, 0.15) is 12.5 Å². The first-order chi connectivity index (χ1) is 7.94. The van der Waals surface area contributed by atoms with Crippen molar-refractivity contribution in [3.8, 4) is 5.75 Å². The van der Waals surface area contributed by atoms with Gasteiger partial charge in [0.1, 0.15) is 0 Å². The van der Waals surface area contributed by atoms with Crippen LogP contribution in [0.5, 0.6) is 5.75 Å². The van der Waals surface area contributed by atoms with Crippen molar-refractivity contribution < 1.29 is 19.0 Å². The maximum atomic E-state index is 13.8. The Morgan fingerprint density at radius 3 is 2.71 bits per heavy atom. The number of aliphatic carboxylic acids is 1. The van der Waals surface area contributed by atoms with Gasteiger partial charge in [-0.2, -0.15) is 0 Å². The van der Waals surface area contributed by atoms with E-state index in [0.717, 1.165) is 0 Å². The van der Waals surface area contributed by atoms with Gasteiger partial charge in [-0.05, 0) is 25.0 Å². The molecule has 0 aromatic heterocycles. The van der Waals surface area contributed by atoms with Gasteiger partial charge in [-0.3, -0.25) is 4.79 Å². The molecular formula is C12H16FNO3. The largest absolute Gasteiger partial charge is 0.494 e. The highest BCUT2D eigenvalue weighted by Crippen LogP contribution is 2.27. The number of carboxylic acid groups (broad SMARTS) is 1. The highest BCUT2D eigenvalue weighted by atomic mass is 19.1. The third-order valence-corrected chi connectivity index (χ3v) is 2.81. The molecule has 0 radical (unpaired) electrons. The molecule has 3 N–H and O–H groups in total. The molecule has 1 atom stereocenters. The summed E-state index contributed by atoms with van der Waals surface area (Å²) in [5.41, 5.74) is 4.56. The number of carbonyl (C=O) groups is 1. The number of halogens is 1. The summed E-state index contributed by atoms with van der Waals surface area (Å²) in [6, 6.07) is 4.64. The Morgan fingerprint density at radius 1 is 1.59 bits per heavy atom. The molecule has 0 spiro atoms. The summed E-state index contributed by atoms with van der Waals surface area (Å²) in [6.45, 7) is 1.44. The van der Waals surface area contributed by atoms with Crippen LogP contribution in [0.4, 0.5) is 4.39 Å². The lowest BCUT2D eigenvalue weighted by Crippen LogP contribution is -2.37. The molecule has 1 aromatic rings. The Morgan fingerprint density at radius 2 is 2.24 bits per heavy atom. The molecule has 0 amide bonds. The van der Waals surface area contributed by atoms with Gasteiger partial charge in [-0.15, -0.1) is 0 Å². The van der Waals surface area contributed by atoms with Crippen LogP contribution in [0.25, 0.3) is 0 Å². The molecule has 1 aromatic carbocycles. The molecular weight excluding hydrogens is 225 g/mol. The molecule has 0 aliphatic heterocycles. The third-order valence-electron chi connectivity index (χ3n) is 2.81. The fraction of sp³-hybridized carbons (Fsp3) is 0.417. The Kier molecular flexibility index (Phi) is 4.07. The van der Waals surface area contributed by atoms with Crippen molar-refractivity contribution in [1.29, 1.82) is 0 Å². The van der Waals surface area contributed by atoms with Gasteiger partial charge in [-0.1, -0.05) is 12.1 Å². The molecule has 0 saturated carbocycles. The van der Waals surface area contributed by atoms with Crippen LogP contribution in [0.3, 0.4) is 0 Å². The van der Waals surface area contributed by atoms with Crippen LogP contribution in [-0.2, 0) is 11.2 Å². The van der Waals surface area contributed by atoms with Gasteiger partial charge in [0.15, 0.2) is 11.6 Å². The van der Waals surface area contributed by atoms with E-state index in [4.69, 9.17) is 15.6 Å². The zero-order chi connectivity index (χ0) is 13.1. The topological polar surface area (TPSA) is 72.5 Å².